The zero-order valence-electron chi connectivity index (χ0n) is 15.9. The van der Waals surface area contributed by atoms with Crippen molar-refractivity contribution in [3.63, 3.8) is 0 Å². The number of ether oxygens (including phenoxy) is 1. The highest BCUT2D eigenvalue weighted by Gasteiger charge is 2.20. The highest BCUT2D eigenvalue weighted by atomic mass is 16.5. The van der Waals surface area contributed by atoms with Gasteiger partial charge in [-0.1, -0.05) is 33.4 Å². The van der Waals surface area contributed by atoms with Crippen LogP contribution in [0.2, 0.25) is 0 Å². The minimum atomic E-state index is -0.647. The summed E-state index contributed by atoms with van der Waals surface area (Å²) >= 11 is 0. The number of nitrogens with one attached hydrogen (secondary N) is 1. The standard InChI is InChI=1S/C19H24N2O2.C2H6/c1-5-13(3)12-21-17(6-2)19(22)15-9-10-20-18-8-7-14(23-4)11-16(15)18;1-2/h5,7-12,17,19,21-22H,1,6H2,2-4H3;1-2H3/b13-12+;. The molecule has 4 nitrogen and oxygen atoms in total. The van der Waals surface area contributed by atoms with Gasteiger partial charge in [0.1, 0.15) is 5.75 Å². The Morgan fingerprint density at radius 3 is 2.68 bits per heavy atom. The molecule has 0 aliphatic carbocycles. The molecule has 0 saturated carbocycles. The Kier molecular flexibility index (Phi) is 8.71. The van der Waals surface area contributed by atoms with E-state index in [-0.39, 0.29) is 6.04 Å². The smallest absolute Gasteiger partial charge is 0.119 e. The number of allylic oxidation sites excluding steroid dienone is 2. The summed E-state index contributed by atoms with van der Waals surface area (Å²) in [6.45, 7) is 11.7. The van der Waals surface area contributed by atoms with Crippen LogP contribution in [0.15, 0.2) is 54.9 Å². The number of benzene rings is 1. The maximum Gasteiger partial charge on any atom is 0.119 e. The Bertz CT molecular complexity index is 710. The lowest BCUT2D eigenvalue weighted by atomic mass is 9.97. The fourth-order valence-electron chi connectivity index (χ4n) is 2.48. The molecule has 0 radical (unpaired) electrons. The zero-order valence-corrected chi connectivity index (χ0v) is 15.9. The molecule has 0 bridgehead atoms. The van der Waals surface area contributed by atoms with E-state index in [9.17, 15) is 5.11 Å². The van der Waals surface area contributed by atoms with Gasteiger partial charge in [0.15, 0.2) is 0 Å². The number of rotatable bonds is 7. The molecule has 2 atom stereocenters. The van der Waals surface area contributed by atoms with Crippen molar-refractivity contribution in [2.45, 2.75) is 46.3 Å². The minimum absolute atomic E-state index is 0.0956. The summed E-state index contributed by atoms with van der Waals surface area (Å²) in [5.74, 6) is 0.752. The molecule has 2 aromatic rings. The molecule has 0 saturated heterocycles. The normalized spacial score (nSPS) is 13.4. The Balaban J connectivity index is 0.00000151. The minimum Gasteiger partial charge on any atom is -0.497 e. The van der Waals surface area contributed by atoms with Gasteiger partial charge in [-0.15, -0.1) is 0 Å². The number of nitrogens with zero attached hydrogens (tertiary/aromatic N) is 1. The van der Waals surface area contributed by atoms with Gasteiger partial charge < -0.3 is 15.2 Å². The van der Waals surface area contributed by atoms with Gasteiger partial charge in [0, 0.05) is 11.6 Å². The molecule has 0 fully saturated rings. The molecule has 136 valence electrons. The predicted molar refractivity (Wildman–Crippen MR) is 106 cm³/mol. The van der Waals surface area contributed by atoms with Crippen LogP contribution in [-0.2, 0) is 0 Å². The van der Waals surface area contributed by atoms with Gasteiger partial charge in [-0.2, -0.15) is 0 Å². The molecular formula is C21H30N2O2. The third-order valence-corrected chi connectivity index (χ3v) is 3.97. The number of hydrogen-bond acceptors (Lipinski definition) is 4. The van der Waals surface area contributed by atoms with Gasteiger partial charge in [-0.3, -0.25) is 4.98 Å². The summed E-state index contributed by atoms with van der Waals surface area (Å²) in [7, 11) is 1.63. The second kappa shape index (κ2) is 10.5. The molecule has 1 aromatic carbocycles. The largest absolute Gasteiger partial charge is 0.497 e. The van der Waals surface area contributed by atoms with Crippen LogP contribution in [0.1, 0.15) is 45.8 Å². The SMILES string of the molecule is C=C/C(C)=C/NC(CC)C(O)c1ccnc2ccc(OC)cc12.CC. The van der Waals surface area contributed by atoms with Crippen molar-refractivity contribution in [1.29, 1.82) is 0 Å². The summed E-state index contributed by atoms with van der Waals surface area (Å²) < 4.78 is 5.29. The molecular weight excluding hydrogens is 312 g/mol. The number of aromatic nitrogens is 1. The Labute approximate surface area is 151 Å². The lowest BCUT2D eigenvalue weighted by Crippen LogP contribution is -2.31. The van der Waals surface area contributed by atoms with Crippen molar-refractivity contribution in [1.82, 2.24) is 10.3 Å². The molecule has 2 rings (SSSR count). The Morgan fingerprint density at radius 1 is 1.36 bits per heavy atom. The van der Waals surface area contributed by atoms with Crippen molar-refractivity contribution in [3.05, 3.63) is 60.5 Å². The van der Waals surface area contributed by atoms with Gasteiger partial charge >= 0.3 is 0 Å². The summed E-state index contributed by atoms with van der Waals surface area (Å²) in [5.41, 5.74) is 2.71. The topological polar surface area (TPSA) is 54.4 Å². The van der Waals surface area contributed by atoms with Gasteiger partial charge in [0.25, 0.3) is 0 Å². The molecule has 1 aromatic heterocycles. The number of methoxy groups -OCH3 is 1. The summed E-state index contributed by atoms with van der Waals surface area (Å²) in [6.07, 6.45) is 5.53. The quantitative estimate of drug-likeness (QED) is 0.712. The van der Waals surface area contributed by atoms with E-state index >= 15 is 0 Å². The summed E-state index contributed by atoms with van der Waals surface area (Å²) in [6, 6.07) is 7.46. The number of aliphatic hydroxyl groups is 1. The highest BCUT2D eigenvalue weighted by Crippen LogP contribution is 2.29. The van der Waals surface area contributed by atoms with Gasteiger partial charge in [-0.05, 0) is 54.9 Å². The van der Waals surface area contributed by atoms with Crippen LogP contribution >= 0.6 is 0 Å². The van der Waals surface area contributed by atoms with E-state index in [1.165, 1.54) is 0 Å². The second-order valence-electron chi connectivity index (χ2n) is 5.50. The van der Waals surface area contributed by atoms with Gasteiger partial charge in [0.2, 0.25) is 0 Å². The van der Waals surface area contributed by atoms with Crippen LogP contribution in [0.4, 0.5) is 0 Å². The van der Waals surface area contributed by atoms with Crippen LogP contribution in [-0.4, -0.2) is 23.2 Å². The van der Waals surface area contributed by atoms with Crippen molar-refractivity contribution in [2.24, 2.45) is 0 Å². The first kappa shape index (κ1) is 20.7. The first-order valence-corrected chi connectivity index (χ1v) is 8.76. The maximum atomic E-state index is 10.8. The Hall–Kier alpha value is -2.33. The van der Waals surface area contributed by atoms with E-state index in [4.69, 9.17) is 4.74 Å². The van der Waals surface area contributed by atoms with E-state index in [0.717, 1.165) is 34.2 Å². The Morgan fingerprint density at radius 2 is 2.08 bits per heavy atom. The predicted octanol–water partition coefficient (Wildman–Crippen LogP) is 4.76. The molecule has 0 spiro atoms. The lowest BCUT2D eigenvalue weighted by molar-refractivity contribution is 0.134. The first-order chi connectivity index (χ1) is 12.1. The number of hydrogen-bond donors (Lipinski definition) is 2. The van der Waals surface area contributed by atoms with E-state index in [0.29, 0.717) is 0 Å². The van der Waals surface area contributed by atoms with Crippen molar-refractivity contribution in [3.8, 4) is 5.75 Å². The highest BCUT2D eigenvalue weighted by molar-refractivity contribution is 5.83. The molecule has 0 aliphatic heterocycles. The zero-order chi connectivity index (χ0) is 18.8. The van der Waals surface area contributed by atoms with Crippen molar-refractivity contribution < 1.29 is 9.84 Å². The van der Waals surface area contributed by atoms with Gasteiger partial charge in [0.05, 0.1) is 24.8 Å². The molecule has 2 unspecified atom stereocenters. The van der Waals surface area contributed by atoms with Crippen molar-refractivity contribution in [2.75, 3.05) is 7.11 Å². The summed E-state index contributed by atoms with van der Waals surface area (Å²) in [5, 5.41) is 15.0. The molecule has 0 aliphatic rings. The van der Waals surface area contributed by atoms with Crippen LogP contribution < -0.4 is 10.1 Å². The van der Waals surface area contributed by atoms with Crippen LogP contribution in [0.5, 0.6) is 5.75 Å². The molecule has 25 heavy (non-hydrogen) atoms. The summed E-state index contributed by atoms with van der Waals surface area (Å²) in [4.78, 5) is 4.36. The van der Waals surface area contributed by atoms with Gasteiger partial charge in [-0.25, -0.2) is 0 Å². The molecule has 1 heterocycles. The fourth-order valence-corrected chi connectivity index (χ4v) is 2.48. The third kappa shape index (κ3) is 5.33. The monoisotopic (exact) mass is 342 g/mol. The van der Waals surface area contributed by atoms with E-state index in [1.807, 2.05) is 58.2 Å². The van der Waals surface area contributed by atoms with E-state index < -0.39 is 6.10 Å². The van der Waals surface area contributed by atoms with Crippen LogP contribution in [0.3, 0.4) is 0 Å². The lowest BCUT2D eigenvalue weighted by Gasteiger charge is -2.24. The van der Waals surface area contributed by atoms with Crippen LogP contribution in [0.25, 0.3) is 10.9 Å². The third-order valence-electron chi connectivity index (χ3n) is 3.97. The number of fused-ring (bicyclic) bond motifs is 1. The first-order valence-electron chi connectivity index (χ1n) is 8.76. The maximum absolute atomic E-state index is 10.8. The van der Waals surface area contributed by atoms with E-state index in [1.54, 1.807) is 19.4 Å². The molecule has 4 heteroatoms. The second-order valence-corrected chi connectivity index (χ2v) is 5.50. The number of pyridine rings is 1. The van der Waals surface area contributed by atoms with Crippen LogP contribution in [0, 0.1) is 0 Å². The molecule has 2 N–H and O–H groups in total. The average Bonchev–Trinajstić information content (AvgIpc) is 2.68. The fraction of sp³-hybridized carbons (Fsp3) is 0.381. The van der Waals surface area contributed by atoms with E-state index in [2.05, 4.69) is 16.9 Å². The average molecular weight is 342 g/mol. The van der Waals surface area contributed by atoms with Crippen molar-refractivity contribution >= 4 is 10.9 Å². The molecule has 0 amide bonds. The number of aliphatic hydroxyl groups excluding tert-OH is 1.